The summed E-state index contributed by atoms with van der Waals surface area (Å²) in [5.74, 6) is -0.451. The van der Waals surface area contributed by atoms with Gasteiger partial charge in [0.25, 0.3) is 0 Å². The molecule has 3 heterocycles. The van der Waals surface area contributed by atoms with Crippen molar-refractivity contribution < 1.29 is 32.7 Å². The van der Waals surface area contributed by atoms with Crippen molar-refractivity contribution in [1.29, 1.82) is 0 Å². The number of hydrogen-bond donors (Lipinski definition) is 1. The maximum atomic E-state index is 13.1. The standard InChI is InChI=1S/C21H37N3O2.C2HF3O2/c1-6-24-20(26)17-13-22(12-16(4)5)14-18(17)21(24)7-9-23(10-8-21)19(25)11-15(2)3;3-2(4,5)1(6)7/h15-18H,6-14H2,1-5H3;(H,6,7)/t17-,18+;/m0./s1. The molecular formula is C23H38F3N3O4. The van der Waals surface area contributed by atoms with E-state index in [1.807, 2.05) is 4.90 Å². The van der Waals surface area contributed by atoms with Gasteiger partial charge in [0.15, 0.2) is 0 Å². The van der Waals surface area contributed by atoms with Crippen molar-refractivity contribution in [2.45, 2.75) is 65.6 Å². The third-order valence-corrected chi connectivity index (χ3v) is 6.95. The Kier molecular flexibility index (Phi) is 8.81. The van der Waals surface area contributed by atoms with Gasteiger partial charge in [-0.2, -0.15) is 13.2 Å². The number of nitrogens with zero attached hydrogens (tertiary/aromatic N) is 3. The van der Waals surface area contributed by atoms with Gasteiger partial charge in [-0.05, 0) is 31.6 Å². The lowest BCUT2D eigenvalue weighted by atomic mass is 9.74. The van der Waals surface area contributed by atoms with Crippen molar-refractivity contribution in [2.24, 2.45) is 23.7 Å². The molecule has 3 aliphatic rings. The van der Waals surface area contributed by atoms with Crippen molar-refractivity contribution in [3.8, 4) is 0 Å². The van der Waals surface area contributed by atoms with Crippen LogP contribution in [0.4, 0.5) is 13.2 Å². The molecule has 3 saturated heterocycles. The molecule has 0 aromatic carbocycles. The van der Waals surface area contributed by atoms with E-state index in [0.717, 1.165) is 52.1 Å². The van der Waals surface area contributed by atoms with Crippen LogP contribution in [0.3, 0.4) is 0 Å². The van der Waals surface area contributed by atoms with Crippen LogP contribution in [0.1, 0.15) is 53.9 Å². The van der Waals surface area contributed by atoms with Gasteiger partial charge in [-0.1, -0.05) is 27.7 Å². The second-order valence-corrected chi connectivity index (χ2v) is 10.3. The molecule has 0 aromatic rings. The van der Waals surface area contributed by atoms with E-state index in [0.29, 0.717) is 30.1 Å². The monoisotopic (exact) mass is 477 g/mol. The average molecular weight is 478 g/mol. The fourth-order valence-corrected chi connectivity index (χ4v) is 5.70. The summed E-state index contributed by atoms with van der Waals surface area (Å²) in [6, 6.07) is 0. The largest absolute Gasteiger partial charge is 0.490 e. The van der Waals surface area contributed by atoms with Gasteiger partial charge in [0, 0.05) is 51.6 Å². The van der Waals surface area contributed by atoms with Gasteiger partial charge in [-0.15, -0.1) is 0 Å². The fraction of sp³-hybridized carbons (Fsp3) is 0.870. The second-order valence-electron chi connectivity index (χ2n) is 10.3. The minimum Gasteiger partial charge on any atom is -0.475 e. The van der Waals surface area contributed by atoms with Crippen molar-refractivity contribution in [2.75, 3.05) is 39.3 Å². The van der Waals surface area contributed by atoms with E-state index in [1.165, 1.54) is 0 Å². The first-order chi connectivity index (χ1) is 15.2. The maximum absolute atomic E-state index is 13.1. The van der Waals surface area contributed by atoms with Crippen molar-refractivity contribution in [1.82, 2.24) is 14.7 Å². The van der Waals surface area contributed by atoms with Gasteiger partial charge in [-0.25, -0.2) is 4.79 Å². The van der Waals surface area contributed by atoms with Gasteiger partial charge in [0.1, 0.15) is 0 Å². The first kappa shape index (κ1) is 27.4. The van der Waals surface area contributed by atoms with E-state index < -0.39 is 12.1 Å². The van der Waals surface area contributed by atoms with Crippen LogP contribution in [-0.4, -0.2) is 88.6 Å². The Morgan fingerprint density at radius 2 is 1.64 bits per heavy atom. The first-order valence-electron chi connectivity index (χ1n) is 11.8. The molecule has 0 bridgehead atoms. The molecule has 0 radical (unpaired) electrons. The number of aliphatic carboxylic acids is 1. The van der Waals surface area contributed by atoms with E-state index in [-0.39, 0.29) is 17.4 Å². The first-order valence-corrected chi connectivity index (χ1v) is 11.8. The quantitative estimate of drug-likeness (QED) is 0.658. The smallest absolute Gasteiger partial charge is 0.475 e. The molecule has 1 N–H and O–H groups in total. The summed E-state index contributed by atoms with van der Waals surface area (Å²) in [7, 11) is 0. The van der Waals surface area contributed by atoms with Crippen LogP contribution in [0.15, 0.2) is 0 Å². The predicted molar refractivity (Wildman–Crippen MR) is 117 cm³/mol. The zero-order chi connectivity index (χ0) is 25.1. The number of alkyl halides is 3. The number of halogens is 3. The Morgan fingerprint density at radius 1 is 1.09 bits per heavy atom. The third kappa shape index (κ3) is 6.19. The summed E-state index contributed by atoms with van der Waals surface area (Å²) < 4.78 is 31.7. The number of fused-ring (bicyclic) bond motifs is 2. The molecule has 0 saturated carbocycles. The Labute approximate surface area is 194 Å². The molecule has 3 rings (SSSR count). The fourth-order valence-electron chi connectivity index (χ4n) is 5.70. The second kappa shape index (κ2) is 10.6. The molecule has 190 valence electrons. The number of amides is 2. The Morgan fingerprint density at radius 3 is 2.06 bits per heavy atom. The number of carbonyl (C=O) groups is 3. The van der Waals surface area contributed by atoms with Crippen molar-refractivity contribution >= 4 is 17.8 Å². The number of carboxylic acids is 1. The normalized spacial score (nSPS) is 25.0. The number of carboxylic acid groups (broad SMARTS) is 1. The van der Waals surface area contributed by atoms with E-state index >= 15 is 0 Å². The number of likely N-dealkylation sites (tertiary alicyclic amines) is 3. The van der Waals surface area contributed by atoms with Gasteiger partial charge in [0.05, 0.1) is 11.5 Å². The highest BCUT2D eigenvalue weighted by molar-refractivity contribution is 5.84. The van der Waals surface area contributed by atoms with Crippen molar-refractivity contribution in [3.63, 3.8) is 0 Å². The van der Waals surface area contributed by atoms with Gasteiger partial charge >= 0.3 is 12.1 Å². The molecule has 3 fully saturated rings. The number of rotatable bonds is 5. The molecule has 0 aromatic heterocycles. The summed E-state index contributed by atoms with van der Waals surface area (Å²) in [5, 5.41) is 7.12. The lowest BCUT2D eigenvalue weighted by Gasteiger charge is -2.48. The SMILES string of the molecule is CCN1C(=O)[C@H]2CN(CC(C)C)C[C@H]2C12CCN(C(=O)CC(C)C)CC2.O=C(O)C(F)(F)F. The highest BCUT2D eigenvalue weighted by Gasteiger charge is 2.61. The molecule has 2 atom stereocenters. The molecular weight excluding hydrogens is 439 g/mol. The summed E-state index contributed by atoms with van der Waals surface area (Å²) in [4.78, 5) is 41.2. The number of carbonyl (C=O) groups excluding carboxylic acids is 2. The van der Waals surface area contributed by atoms with Crippen LogP contribution in [0, 0.1) is 23.7 Å². The minimum atomic E-state index is -5.08. The van der Waals surface area contributed by atoms with Crippen LogP contribution in [0.5, 0.6) is 0 Å². The Hall–Kier alpha value is -1.84. The summed E-state index contributed by atoms with van der Waals surface area (Å²) in [6.07, 6.45) is -2.54. The average Bonchev–Trinajstić information content (AvgIpc) is 3.19. The van der Waals surface area contributed by atoms with Crippen LogP contribution in [0.2, 0.25) is 0 Å². The minimum absolute atomic E-state index is 0.0170. The van der Waals surface area contributed by atoms with Crippen LogP contribution in [0.25, 0.3) is 0 Å². The van der Waals surface area contributed by atoms with Crippen LogP contribution in [-0.2, 0) is 14.4 Å². The molecule has 0 aliphatic carbocycles. The zero-order valence-corrected chi connectivity index (χ0v) is 20.3. The lowest BCUT2D eigenvalue weighted by Crippen LogP contribution is -2.58. The maximum Gasteiger partial charge on any atom is 0.490 e. The summed E-state index contributed by atoms with van der Waals surface area (Å²) in [6.45, 7) is 16.3. The van der Waals surface area contributed by atoms with Crippen molar-refractivity contribution in [3.05, 3.63) is 0 Å². The highest BCUT2D eigenvalue weighted by Crippen LogP contribution is 2.49. The number of piperidine rings is 1. The molecule has 10 heteroatoms. The molecule has 33 heavy (non-hydrogen) atoms. The van der Waals surface area contributed by atoms with E-state index in [1.54, 1.807) is 0 Å². The van der Waals surface area contributed by atoms with E-state index in [2.05, 4.69) is 44.4 Å². The molecule has 1 spiro atoms. The van der Waals surface area contributed by atoms with Crippen LogP contribution < -0.4 is 0 Å². The molecule has 2 amide bonds. The number of hydrogen-bond acceptors (Lipinski definition) is 4. The summed E-state index contributed by atoms with van der Waals surface area (Å²) in [5.41, 5.74) is -0.0170. The van der Waals surface area contributed by atoms with E-state index in [4.69, 9.17) is 9.90 Å². The van der Waals surface area contributed by atoms with Crippen LogP contribution >= 0.6 is 0 Å². The Balaban J connectivity index is 0.000000479. The third-order valence-electron chi connectivity index (χ3n) is 6.95. The van der Waals surface area contributed by atoms with Gasteiger partial charge < -0.3 is 19.8 Å². The molecule has 0 unspecified atom stereocenters. The highest BCUT2D eigenvalue weighted by atomic mass is 19.4. The predicted octanol–water partition coefficient (Wildman–Crippen LogP) is 3.09. The summed E-state index contributed by atoms with van der Waals surface area (Å²) >= 11 is 0. The Bertz CT molecular complexity index is 718. The van der Waals surface area contributed by atoms with Gasteiger partial charge in [0.2, 0.25) is 11.8 Å². The molecule has 7 nitrogen and oxygen atoms in total. The topological polar surface area (TPSA) is 81.2 Å². The molecule has 3 aliphatic heterocycles. The van der Waals surface area contributed by atoms with E-state index in [9.17, 15) is 22.8 Å². The zero-order valence-electron chi connectivity index (χ0n) is 20.3. The van der Waals surface area contributed by atoms with Gasteiger partial charge in [-0.3, -0.25) is 9.59 Å². The lowest BCUT2D eigenvalue weighted by molar-refractivity contribution is -0.192.